The van der Waals surface area contributed by atoms with Crippen LogP contribution in [-0.2, 0) is 0 Å². The highest BCUT2D eigenvalue weighted by molar-refractivity contribution is 5.17. The van der Waals surface area contributed by atoms with Gasteiger partial charge in [-0.05, 0) is 24.8 Å². The highest BCUT2D eigenvalue weighted by Gasteiger charge is 2.02. The van der Waals surface area contributed by atoms with E-state index in [1.54, 1.807) is 0 Å². The molecule has 100 valence electrons. The van der Waals surface area contributed by atoms with Crippen molar-refractivity contribution in [2.45, 2.75) is 58.0 Å². The quantitative estimate of drug-likeness (QED) is 0.479. The van der Waals surface area contributed by atoms with Crippen LogP contribution in [0.25, 0.3) is 0 Å². The topological polar surface area (TPSA) is 20.2 Å². The number of hydrogen-bond donors (Lipinski definition) is 1. The van der Waals surface area contributed by atoms with Crippen LogP contribution in [0, 0.1) is 0 Å². The molecule has 1 heteroatoms. The summed E-state index contributed by atoms with van der Waals surface area (Å²) in [7, 11) is 0. The van der Waals surface area contributed by atoms with Gasteiger partial charge in [0.2, 0.25) is 0 Å². The molecule has 0 aromatic heterocycles. The second-order valence-electron chi connectivity index (χ2n) is 4.84. The van der Waals surface area contributed by atoms with Gasteiger partial charge in [-0.3, -0.25) is 0 Å². The van der Waals surface area contributed by atoms with Crippen molar-refractivity contribution in [3.8, 4) is 0 Å². The summed E-state index contributed by atoms with van der Waals surface area (Å²) in [5.74, 6) is 0. The van der Waals surface area contributed by atoms with E-state index in [0.717, 1.165) is 18.4 Å². The zero-order valence-corrected chi connectivity index (χ0v) is 11.5. The van der Waals surface area contributed by atoms with Crippen LogP contribution >= 0.6 is 0 Å². The Morgan fingerprint density at radius 2 is 1.72 bits per heavy atom. The number of aliphatic hydroxyl groups excluding tert-OH is 1. The maximum Gasteiger partial charge on any atom is 0.0824 e. The third kappa shape index (κ3) is 6.61. The molecule has 1 N–H and O–H groups in total. The van der Waals surface area contributed by atoms with Gasteiger partial charge >= 0.3 is 0 Å². The maximum atomic E-state index is 9.94. The van der Waals surface area contributed by atoms with Crippen LogP contribution in [0.4, 0.5) is 0 Å². The minimum atomic E-state index is -0.359. The fourth-order valence-corrected chi connectivity index (χ4v) is 2.02. The summed E-state index contributed by atoms with van der Waals surface area (Å²) in [6.07, 6.45) is 12.5. The molecule has 0 radical (unpaired) electrons. The summed E-state index contributed by atoms with van der Waals surface area (Å²) in [4.78, 5) is 0. The number of rotatable bonds is 9. The van der Waals surface area contributed by atoms with Gasteiger partial charge in [-0.25, -0.2) is 0 Å². The van der Waals surface area contributed by atoms with Crippen LogP contribution in [0.2, 0.25) is 0 Å². The van der Waals surface area contributed by atoms with Gasteiger partial charge in [-0.2, -0.15) is 0 Å². The molecule has 18 heavy (non-hydrogen) atoms. The van der Waals surface area contributed by atoms with E-state index in [-0.39, 0.29) is 6.10 Å². The molecule has 0 saturated carbocycles. The summed E-state index contributed by atoms with van der Waals surface area (Å²) in [5, 5.41) is 9.94. The van der Waals surface area contributed by atoms with Crippen molar-refractivity contribution in [1.82, 2.24) is 0 Å². The van der Waals surface area contributed by atoms with Gasteiger partial charge in [-0.15, -0.1) is 0 Å². The first kappa shape index (κ1) is 15.0. The molecule has 1 aromatic rings. The molecule has 0 fully saturated rings. The largest absolute Gasteiger partial charge is 0.388 e. The van der Waals surface area contributed by atoms with Gasteiger partial charge in [0.15, 0.2) is 0 Å². The SMILES string of the molecule is CCCCCCC/C=C\CC(O)c1ccccc1. The van der Waals surface area contributed by atoms with Crippen LogP contribution < -0.4 is 0 Å². The second-order valence-corrected chi connectivity index (χ2v) is 4.84. The molecule has 0 amide bonds. The van der Waals surface area contributed by atoms with Crippen molar-refractivity contribution < 1.29 is 5.11 Å². The smallest absolute Gasteiger partial charge is 0.0824 e. The summed E-state index contributed by atoms with van der Waals surface area (Å²) in [6, 6.07) is 9.86. The fraction of sp³-hybridized carbons (Fsp3) is 0.529. The number of hydrogen-bond acceptors (Lipinski definition) is 1. The lowest BCUT2D eigenvalue weighted by atomic mass is 10.1. The van der Waals surface area contributed by atoms with E-state index in [2.05, 4.69) is 19.1 Å². The minimum absolute atomic E-state index is 0.359. The number of benzene rings is 1. The normalized spacial score (nSPS) is 13.0. The van der Waals surface area contributed by atoms with E-state index in [4.69, 9.17) is 0 Å². The minimum Gasteiger partial charge on any atom is -0.388 e. The summed E-state index contributed by atoms with van der Waals surface area (Å²) in [5.41, 5.74) is 1.00. The van der Waals surface area contributed by atoms with E-state index >= 15 is 0 Å². The molecule has 1 nitrogen and oxygen atoms in total. The molecular formula is C17H26O. The Hall–Kier alpha value is -1.08. The maximum absolute atomic E-state index is 9.94. The average molecular weight is 246 g/mol. The van der Waals surface area contributed by atoms with Gasteiger partial charge in [0.05, 0.1) is 6.10 Å². The number of aliphatic hydroxyl groups is 1. The van der Waals surface area contributed by atoms with Gasteiger partial charge in [0.25, 0.3) is 0 Å². The Morgan fingerprint density at radius 1 is 1.00 bits per heavy atom. The number of unbranched alkanes of at least 4 members (excludes halogenated alkanes) is 5. The molecule has 1 unspecified atom stereocenters. The average Bonchev–Trinajstić information content (AvgIpc) is 2.42. The predicted octanol–water partition coefficient (Wildman–Crippen LogP) is 5.03. The molecule has 0 spiro atoms. The molecular weight excluding hydrogens is 220 g/mol. The van der Waals surface area contributed by atoms with Crippen LogP contribution in [0.3, 0.4) is 0 Å². The van der Waals surface area contributed by atoms with Gasteiger partial charge in [0.1, 0.15) is 0 Å². The number of allylic oxidation sites excluding steroid dienone is 1. The van der Waals surface area contributed by atoms with E-state index in [1.807, 2.05) is 30.3 Å². The van der Waals surface area contributed by atoms with E-state index in [1.165, 1.54) is 32.1 Å². The van der Waals surface area contributed by atoms with Crippen LogP contribution in [0.15, 0.2) is 42.5 Å². The summed E-state index contributed by atoms with van der Waals surface area (Å²) < 4.78 is 0. The molecule has 0 bridgehead atoms. The lowest BCUT2D eigenvalue weighted by molar-refractivity contribution is 0.181. The Labute approximate surface area is 112 Å². The van der Waals surface area contributed by atoms with Crippen molar-refractivity contribution in [3.05, 3.63) is 48.0 Å². The zero-order chi connectivity index (χ0) is 13.1. The van der Waals surface area contributed by atoms with Crippen molar-refractivity contribution in [3.63, 3.8) is 0 Å². The van der Waals surface area contributed by atoms with Gasteiger partial charge < -0.3 is 5.11 Å². The van der Waals surface area contributed by atoms with Crippen molar-refractivity contribution in [2.75, 3.05) is 0 Å². The first-order valence-corrected chi connectivity index (χ1v) is 7.22. The fourth-order valence-electron chi connectivity index (χ4n) is 2.02. The predicted molar refractivity (Wildman–Crippen MR) is 78.5 cm³/mol. The van der Waals surface area contributed by atoms with Crippen LogP contribution in [0.5, 0.6) is 0 Å². The monoisotopic (exact) mass is 246 g/mol. The molecule has 1 atom stereocenters. The molecule has 0 aliphatic carbocycles. The summed E-state index contributed by atoms with van der Waals surface area (Å²) >= 11 is 0. The zero-order valence-electron chi connectivity index (χ0n) is 11.5. The third-order valence-corrected chi connectivity index (χ3v) is 3.18. The van der Waals surface area contributed by atoms with Crippen LogP contribution in [0.1, 0.15) is 63.5 Å². The Bertz CT molecular complexity index is 316. The summed E-state index contributed by atoms with van der Waals surface area (Å²) in [6.45, 7) is 2.24. The third-order valence-electron chi connectivity index (χ3n) is 3.18. The van der Waals surface area contributed by atoms with E-state index < -0.39 is 0 Å². The molecule has 0 aliphatic heterocycles. The van der Waals surface area contributed by atoms with E-state index in [0.29, 0.717) is 0 Å². The Morgan fingerprint density at radius 3 is 2.44 bits per heavy atom. The Balaban J connectivity index is 2.09. The van der Waals surface area contributed by atoms with Crippen molar-refractivity contribution >= 4 is 0 Å². The van der Waals surface area contributed by atoms with Crippen molar-refractivity contribution in [1.29, 1.82) is 0 Å². The van der Waals surface area contributed by atoms with Gasteiger partial charge in [0, 0.05) is 0 Å². The molecule has 0 heterocycles. The second kappa shape index (κ2) is 9.90. The standard InChI is InChI=1S/C17H26O/c1-2-3-4-5-6-7-8-12-15-17(18)16-13-10-9-11-14-16/h8-14,17-18H,2-7,15H2,1H3/b12-8-. The molecule has 1 aromatic carbocycles. The van der Waals surface area contributed by atoms with Gasteiger partial charge in [-0.1, -0.05) is 75.1 Å². The molecule has 1 rings (SSSR count). The highest BCUT2D eigenvalue weighted by Crippen LogP contribution is 2.16. The first-order chi connectivity index (χ1) is 8.84. The lowest BCUT2D eigenvalue weighted by Crippen LogP contribution is -1.94. The molecule has 0 aliphatic rings. The van der Waals surface area contributed by atoms with Crippen LogP contribution in [-0.4, -0.2) is 5.11 Å². The highest BCUT2D eigenvalue weighted by atomic mass is 16.3. The van der Waals surface area contributed by atoms with E-state index in [9.17, 15) is 5.11 Å². The molecule has 0 saturated heterocycles. The lowest BCUT2D eigenvalue weighted by Gasteiger charge is -2.07. The van der Waals surface area contributed by atoms with Crippen molar-refractivity contribution in [2.24, 2.45) is 0 Å². The first-order valence-electron chi connectivity index (χ1n) is 7.22. The Kier molecular flexibility index (Phi) is 8.24.